The summed E-state index contributed by atoms with van der Waals surface area (Å²) in [6.07, 6.45) is 4.70. The van der Waals surface area contributed by atoms with E-state index in [1.165, 1.54) is 23.4 Å². The SMILES string of the molecule is Cc1nc2c(s1)CCC[C@H]2CN(C)C(=O)c1ncoc1C. The summed E-state index contributed by atoms with van der Waals surface area (Å²) in [5.74, 6) is 0.820. The van der Waals surface area contributed by atoms with Crippen LogP contribution in [0.2, 0.25) is 0 Å². The van der Waals surface area contributed by atoms with Crippen LogP contribution in [0, 0.1) is 13.8 Å². The largest absolute Gasteiger partial charge is 0.448 e. The van der Waals surface area contributed by atoms with Crippen LogP contribution < -0.4 is 0 Å². The molecule has 0 aliphatic heterocycles. The minimum absolute atomic E-state index is 0.0830. The maximum atomic E-state index is 12.4. The van der Waals surface area contributed by atoms with E-state index < -0.39 is 0 Å². The van der Waals surface area contributed by atoms with Crippen LogP contribution in [-0.4, -0.2) is 34.4 Å². The van der Waals surface area contributed by atoms with Gasteiger partial charge in [-0.2, -0.15) is 0 Å². The number of nitrogens with zero attached hydrogens (tertiary/aromatic N) is 3. The average Bonchev–Trinajstić information content (AvgIpc) is 3.03. The predicted molar refractivity (Wildman–Crippen MR) is 80.7 cm³/mol. The van der Waals surface area contributed by atoms with Crippen molar-refractivity contribution in [3.05, 3.63) is 33.4 Å². The van der Waals surface area contributed by atoms with Crippen LogP contribution in [0.3, 0.4) is 0 Å². The maximum Gasteiger partial charge on any atom is 0.275 e. The fourth-order valence-corrected chi connectivity index (χ4v) is 3.98. The van der Waals surface area contributed by atoms with E-state index in [0.29, 0.717) is 23.9 Å². The zero-order chi connectivity index (χ0) is 15.0. The van der Waals surface area contributed by atoms with Crippen LogP contribution in [-0.2, 0) is 6.42 Å². The van der Waals surface area contributed by atoms with E-state index in [1.807, 2.05) is 14.0 Å². The summed E-state index contributed by atoms with van der Waals surface area (Å²) >= 11 is 1.79. The Morgan fingerprint density at radius 1 is 1.52 bits per heavy atom. The lowest BCUT2D eigenvalue weighted by Crippen LogP contribution is -2.32. The van der Waals surface area contributed by atoms with Crippen molar-refractivity contribution in [1.82, 2.24) is 14.9 Å². The highest BCUT2D eigenvalue weighted by Crippen LogP contribution is 2.35. The Labute approximate surface area is 128 Å². The molecule has 0 aromatic carbocycles. The van der Waals surface area contributed by atoms with Gasteiger partial charge in [0.25, 0.3) is 5.91 Å². The number of likely N-dealkylation sites (N-methyl/N-ethyl adjacent to an activating group) is 1. The lowest BCUT2D eigenvalue weighted by Gasteiger charge is -2.26. The van der Waals surface area contributed by atoms with E-state index in [4.69, 9.17) is 4.42 Å². The van der Waals surface area contributed by atoms with Gasteiger partial charge in [-0.05, 0) is 33.1 Å². The number of fused-ring (bicyclic) bond motifs is 1. The third kappa shape index (κ3) is 2.72. The molecule has 0 unspecified atom stereocenters. The number of aryl methyl sites for hydroxylation is 3. The molecule has 0 spiro atoms. The van der Waals surface area contributed by atoms with Gasteiger partial charge in [-0.3, -0.25) is 4.79 Å². The summed E-state index contributed by atoms with van der Waals surface area (Å²) in [6, 6.07) is 0. The first-order valence-corrected chi connectivity index (χ1v) is 7.99. The van der Waals surface area contributed by atoms with Gasteiger partial charge in [-0.1, -0.05) is 0 Å². The number of carbonyl (C=O) groups is 1. The Balaban J connectivity index is 1.75. The van der Waals surface area contributed by atoms with E-state index in [9.17, 15) is 4.79 Å². The Kier molecular flexibility index (Phi) is 3.80. The molecule has 5 nitrogen and oxygen atoms in total. The minimum atomic E-state index is -0.0830. The molecule has 0 fully saturated rings. The number of hydrogen-bond donors (Lipinski definition) is 0. The molecule has 6 heteroatoms. The molecule has 1 aliphatic rings. The van der Waals surface area contributed by atoms with E-state index in [2.05, 4.69) is 9.97 Å². The first-order valence-electron chi connectivity index (χ1n) is 7.18. The first kappa shape index (κ1) is 14.3. The molecule has 1 amide bonds. The van der Waals surface area contributed by atoms with Crippen molar-refractivity contribution < 1.29 is 9.21 Å². The molecule has 1 aliphatic carbocycles. The van der Waals surface area contributed by atoms with E-state index in [-0.39, 0.29) is 5.91 Å². The third-order valence-corrected chi connectivity index (χ3v) is 5.01. The highest BCUT2D eigenvalue weighted by atomic mass is 32.1. The molecule has 2 aromatic heterocycles. The number of amides is 1. The number of thiazole rings is 1. The second-order valence-corrected chi connectivity index (χ2v) is 6.86. The minimum Gasteiger partial charge on any atom is -0.448 e. The van der Waals surface area contributed by atoms with Gasteiger partial charge in [0.15, 0.2) is 12.1 Å². The van der Waals surface area contributed by atoms with Gasteiger partial charge < -0.3 is 9.32 Å². The lowest BCUT2D eigenvalue weighted by molar-refractivity contribution is 0.0776. The fraction of sp³-hybridized carbons (Fsp3) is 0.533. The molecular formula is C15H19N3O2S. The van der Waals surface area contributed by atoms with E-state index >= 15 is 0 Å². The van der Waals surface area contributed by atoms with Crippen LogP contribution in [0.4, 0.5) is 0 Å². The van der Waals surface area contributed by atoms with E-state index in [1.54, 1.807) is 23.2 Å². The fourth-order valence-electron chi connectivity index (χ4n) is 2.91. The van der Waals surface area contributed by atoms with Crippen molar-refractivity contribution in [2.24, 2.45) is 0 Å². The standard InChI is InChI=1S/C15H19N3O2S/c1-9-13(16-8-20-9)15(19)18(3)7-11-5-4-6-12-14(11)17-10(2)21-12/h8,11H,4-7H2,1-3H3/t11-/m0/s1. The molecular weight excluding hydrogens is 286 g/mol. The van der Waals surface area contributed by atoms with E-state index in [0.717, 1.165) is 17.8 Å². The smallest absolute Gasteiger partial charge is 0.275 e. The van der Waals surface area contributed by atoms with Crippen molar-refractivity contribution in [2.75, 3.05) is 13.6 Å². The van der Waals surface area contributed by atoms with Gasteiger partial charge in [-0.25, -0.2) is 9.97 Å². The normalized spacial score (nSPS) is 17.6. The van der Waals surface area contributed by atoms with Gasteiger partial charge >= 0.3 is 0 Å². The predicted octanol–water partition coefficient (Wildman–Crippen LogP) is 2.94. The Morgan fingerprint density at radius 2 is 2.33 bits per heavy atom. The molecule has 0 saturated carbocycles. The van der Waals surface area contributed by atoms with Gasteiger partial charge in [0.1, 0.15) is 5.76 Å². The van der Waals surface area contributed by atoms with Crippen molar-refractivity contribution in [1.29, 1.82) is 0 Å². The number of aromatic nitrogens is 2. The van der Waals surface area contributed by atoms with Crippen LogP contribution in [0.25, 0.3) is 0 Å². The average molecular weight is 305 g/mol. The van der Waals surface area contributed by atoms with Crippen LogP contribution >= 0.6 is 11.3 Å². The molecule has 112 valence electrons. The summed E-state index contributed by atoms with van der Waals surface area (Å²) in [6.45, 7) is 4.49. The molecule has 2 heterocycles. The zero-order valence-electron chi connectivity index (χ0n) is 12.5. The third-order valence-electron chi connectivity index (χ3n) is 3.97. The summed E-state index contributed by atoms with van der Waals surface area (Å²) in [5.41, 5.74) is 1.60. The van der Waals surface area contributed by atoms with Crippen molar-refractivity contribution in [2.45, 2.75) is 39.0 Å². The molecule has 0 N–H and O–H groups in total. The second kappa shape index (κ2) is 5.60. The monoisotopic (exact) mass is 305 g/mol. The number of oxazole rings is 1. The topological polar surface area (TPSA) is 59.2 Å². The Hall–Kier alpha value is -1.69. The molecule has 21 heavy (non-hydrogen) atoms. The van der Waals surface area contributed by atoms with Gasteiger partial charge in [-0.15, -0.1) is 11.3 Å². The first-order chi connectivity index (χ1) is 10.1. The van der Waals surface area contributed by atoms with Gasteiger partial charge in [0, 0.05) is 24.4 Å². The van der Waals surface area contributed by atoms with Crippen LogP contribution in [0.5, 0.6) is 0 Å². The summed E-state index contributed by atoms with van der Waals surface area (Å²) in [5, 5.41) is 1.12. The van der Waals surface area contributed by atoms with Crippen molar-refractivity contribution in [3.63, 3.8) is 0 Å². The zero-order valence-corrected chi connectivity index (χ0v) is 13.4. The highest BCUT2D eigenvalue weighted by molar-refractivity contribution is 7.11. The summed E-state index contributed by atoms with van der Waals surface area (Å²) in [7, 11) is 1.82. The van der Waals surface area contributed by atoms with Crippen LogP contribution in [0.15, 0.2) is 10.8 Å². The number of rotatable bonds is 3. The molecule has 0 saturated heterocycles. The second-order valence-electron chi connectivity index (χ2n) is 5.57. The van der Waals surface area contributed by atoms with Crippen molar-refractivity contribution in [3.8, 4) is 0 Å². The van der Waals surface area contributed by atoms with Gasteiger partial charge in [0.2, 0.25) is 0 Å². The summed E-state index contributed by atoms with van der Waals surface area (Å²) < 4.78 is 5.12. The molecule has 0 bridgehead atoms. The van der Waals surface area contributed by atoms with Crippen LogP contribution in [0.1, 0.15) is 50.6 Å². The van der Waals surface area contributed by atoms with Gasteiger partial charge in [0.05, 0.1) is 10.7 Å². The summed E-state index contributed by atoms with van der Waals surface area (Å²) in [4.78, 5) is 24.2. The van der Waals surface area contributed by atoms with Crippen molar-refractivity contribution >= 4 is 17.2 Å². The Morgan fingerprint density at radius 3 is 3.05 bits per heavy atom. The number of hydrogen-bond acceptors (Lipinski definition) is 5. The highest BCUT2D eigenvalue weighted by Gasteiger charge is 2.27. The molecule has 1 atom stereocenters. The molecule has 3 rings (SSSR count). The maximum absolute atomic E-state index is 12.4. The quantitative estimate of drug-likeness (QED) is 0.875. The lowest BCUT2D eigenvalue weighted by atomic mass is 9.90. The Bertz CT molecular complexity index is 662. The molecule has 0 radical (unpaired) electrons. The molecule has 2 aromatic rings. The number of carbonyl (C=O) groups excluding carboxylic acids is 1.